The molecule has 0 bridgehead atoms. The van der Waals surface area contributed by atoms with Gasteiger partial charge in [-0.25, -0.2) is 15.0 Å². The van der Waals surface area contributed by atoms with E-state index in [0.29, 0.717) is 11.7 Å². The molecule has 0 aliphatic heterocycles. The molecule has 6 heteroatoms. The minimum Gasteiger partial charge on any atom is -0.380 e. The van der Waals surface area contributed by atoms with Gasteiger partial charge in [-0.3, -0.25) is 0 Å². The number of benzene rings is 1. The van der Waals surface area contributed by atoms with Gasteiger partial charge >= 0.3 is 0 Å². The van der Waals surface area contributed by atoms with Crippen LogP contribution < -0.4 is 5.73 Å². The van der Waals surface area contributed by atoms with E-state index in [1.54, 1.807) is 18.4 Å². The normalized spacial score (nSPS) is 10.9. The van der Waals surface area contributed by atoms with Crippen molar-refractivity contribution in [2.45, 2.75) is 25.9 Å². The van der Waals surface area contributed by atoms with Crippen LogP contribution in [0.4, 0.5) is 5.13 Å². The average Bonchev–Trinajstić information content (AvgIpc) is 3.01. The van der Waals surface area contributed by atoms with E-state index in [1.165, 1.54) is 4.88 Å². The molecule has 1 aromatic carbocycles. The van der Waals surface area contributed by atoms with Crippen molar-refractivity contribution in [2.75, 3.05) is 12.8 Å². The van der Waals surface area contributed by atoms with Gasteiger partial charge < -0.3 is 10.5 Å². The van der Waals surface area contributed by atoms with Crippen molar-refractivity contribution in [1.82, 2.24) is 15.0 Å². The Morgan fingerprint density at radius 2 is 2.00 bits per heavy atom. The second-order valence-corrected chi connectivity index (χ2v) is 6.63. The molecule has 0 aliphatic carbocycles. The Hall–Kier alpha value is -2.31. The first kappa shape index (κ1) is 16.5. The number of methoxy groups -OCH3 is 1. The van der Waals surface area contributed by atoms with Crippen molar-refractivity contribution in [2.24, 2.45) is 0 Å². The first-order valence-corrected chi connectivity index (χ1v) is 8.67. The lowest BCUT2D eigenvalue weighted by Crippen LogP contribution is -1.99. The van der Waals surface area contributed by atoms with Crippen LogP contribution in [0.1, 0.15) is 22.6 Å². The highest BCUT2D eigenvalue weighted by Crippen LogP contribution is 2.21. The number of anilines is 1. The van der Waals surface area contributed by atoms with Crippen LogP contribution in [0.3, 0.4) is 0 Å². The third kappa shape index (κ3) is 4.15. The van der Waals surface area contributed by atoms with Crippen LogP contribution in [-0.4, -0.2) is 22.1 Å². The zero-order chi connectivity index (χ0) is 16.8. The lowest BCUT2D eigenvalue weighted by molar-refractivity contribution is 0.185. The van der Waals surface area contributed by atoms with Gasteiger partial charge in [-0.05, 0) is 30.9 Å². The highest BCUT2D eigenvalue weighted by Gasteiger charge is 2.08. The van der Waals surface area contributed by atoms with Crippen molar-refractivity contribution in [1.29, 1.82) is 0 Å². The van der Waals surface area contributed by atoms with Crippen LogP contribution >= 0.6 is 11.3 Å². The Kier molecular flexibility index (Phi) is 5.51. The van der Waals surface area contributed by atoms with E-state index < -0.39 is 0 Å². The van der Waals surface area contributed by atoms with E-state index in [-0.39, 0.29) is 0 Å². The quantitative estimate of drug-likeness (QED) is 0.712. The topological polar surface area (TPSA) is 73.9 Å². The molecule has 0 unspecified atom stereocenters. The Balaban J connectivity index is 1.70. The summed E-state index contributed by atoms with van der Waals surface area (Å²) in [6.07, 6.45) is 6.56. The Bertz CT molecular complexity index is 803. The molecular formula is C18H20N4OS. The van der Waals surface area contributed by atoms with Gasteiger partial charge in [0.1, 0.15) is 0 Å². The van der Waals surface area contributed by atoms with Gasteiger partial charge in [0, 0.05) is 35.6 Å². The number of nitrogens with two attached hydrogens (primary N) is 1. The smallest absolute Gasteiger partial charge is 0.180 e. The lowest BCUT2D eigenvalue weighted by atomic mass is 10.1. The third-order valence-electron chi connectivity index (χ3n) is 3.70. The van der Waals surface area contributed by atoms with Crippen LogP contribution in [-0.2, 0) is 24.2 Å². The number of aryl methyl sites for hydroxylation is 2. The predicted octanol–water partition coefficient (Wildman–Crippen LogP) is 3.50. The van der Waals surface area contributed by atoms with Crippen molar-refractivity contribution in [3.05, 3.63) is 58.9 Å². The van der Waals surface area contributed by atoms with Crippen molar-refractivity contribution < 1.29 is 4.74 Å². The summed E-state index contributed by atoms with van der Waals surface area (Å²) in [5.74, 6) is 0.752. The number of aromatic nitrogens is 3. The fraction of sp³-hybridized carbons (Fsp3) is 0.278. The summed E-state index contributed by atoms with van der Waals surface area (Å²) in [6, 6.07) is 10.1. The van der Waals surface area contributed by atoms with Crippen LogP contribution in [0.5, 0.6) is 0 Å². The highest BCUT2D eigenvalue weighted by atomic mass is 32.1. The molecule has 2 N–H and O–H groups in total. The number of hydrogen-bond donors (Lipinski definition) is 1. The van der Waals surface area contributed by atoms with Crippen LogP contribution in [0, 0.1) is 0 Å². The number of hydrogen-bond acceptors (Lipinski definition) is 6. The van der Waals surface area contributed by atoms with Crippen molar-refractivity contribution >= 4 is 16.5 Å². The molecule has 0 aliphatic rings. The molecule has 0 spiro atoms. The third-order valence-corrected chi connectivity index (χ3v) is 4.59. The molecule has 24 heavy (non-hydrogen) atoms. The monoisotopic (exact) mass is 340 g/mol. The molecule has 3 aromatic rings. The van der Waals surface area contributed by atoms with E-state index in [4.69, 9.17) is 15.5 Å². The number of rotatable bonds is 7. The molecule has 0 fully saturated rings. The van der Waals surface area contributed by atoms with Crippen molar-refractivity contribution in [3.8, 4) is 11.4 Å². The van der Waals surface area contributed by atoms with E-state index in [2.05, 4.69) is 9.97 Å². The maximum absolute atomic E-state index is 5.66. The Morgan fingerprint density at radius 3 is 2.79 bits per heavy atom. The highest BCUT2D eigenvalue weighted by molar-refractivity contribution is 7.15. The summed E-state index contributed by atoms with van der Waals surface area (Å²) in [5, 5.41) is 0.629. The van der Waals surface area contributed by atoms with Gasteiger partial charge in [-0.1, -0.05) is 24.3 Å². The molecule has 0 saturated heterocycles. The SMILES string of the molecule is COCc1ccccc1-c1nccc(CCCc2cnc(N)s2)n1. The summed E-state index contributed by atoms with van der Waals surface area (Å²) >= 11 is 1.55. The lowest BCUT2D eigenvalue weighted by Gasteiger charge is -2.08. The van der Waals surface area contributed by atoms with Gasteiger partial charge in [0.05, 0.1) is 6.61 Å². The minimum atomic E-state index is 0.552. The van der Waals surface area contributed by atoms with Crippen LogP contribution in [0.2, 0.25) is 0 Å². The minimum absolute atomic E-state index is 0.552. The van der Waals surface area contributed by atoms with E-state index in [1.807, 2.05) is 42.7 Å². The molecule has 2 aromatic heterocycles. The Morgan fingerprint density at radius 1 is 1.12 bits per heavy atom. The molecule has 0 amide bonds. The second-order valence-electron chi connectivity index (χ2n) is 5.48. The first-order chi connectivity index (χ1) is 11.8. The molecule has 0 atom stereocenters. The number of ether oxygens (including phenoxy) is 1. The Labute approximate surface area is 145 Å². The molecular weight excluding hydrogens is 320 g/mol. The summed E-state index contributed by atoms with van der Waals surface area (Å²) < 4.78 is 5.27. The molecule has 5 nitrogen and oxygen atoms in total. The standard InChI is InChI=1S/C18H20N4OS/c1-23-12-13-5-2-3-8-16(13)17-20-10-9-14(22-17)6-4-7-15-11-21-18(19)24-15/h2-3,5,8-11H,4,6-7,12H2,1H3,(H2,19,21). The summed E-state index contributed by atoms with van der Waals surface area (Å²) in [4.78, 5) is 14.4. The maximum atomic E-state index is 5.66. The molecule has 0 saturated carbocycles. The van der Waals surface area contributed by atoms with Gasteiger partial charge in [-0.2, -0.15) is 0 Å². The van der Waals surface area contributed by atoms with Crippen LogP contribution in [0.25, 0.3) is 11.4 Å². The fourth-order valence-electron chi connectivity index (χ4n) is 2.57. The van der Waals surface area contributed by atoms with Gasteiger partial charge in [0.2, 0.25) is 0 Å². The fourth-order valence-corrected chi connectivity index (χ4v) is 3.29. The molecule has 3 rings (SSSR count). The van der Waals surface area contributed by atoms with E-state index in [0.717, 1.165) is 41.9 Å². The molecule has 124 valence electrons. The largest absolute Gasteiger partial charge is 0.380 e. The van der Waals surface area contributed by atoms with Gasteiger partial charge in [-0.15, -0.1) is 11.3 Å². The molecule has 2 heterocycles. The average molecular weight is 340 g/mol. The molecule has 0 radical (unpaired) electrons. The summed E-state index contributed by atoms with van der Waals surface area (Å²) in [5.41, 5.74) is 8.83. The summed E-state index contributed by atoms with van der Waals surface area (Å²) in [6.45, 7) is 0.552. The number of thiazole rings is 1. The predicted molar refractivity (Wildman–Crippen MR) is 96.7 cm³/mol. The van der Waals surface area contributed by atoms with Crippen LogP contribution in [0.15, 0.2) is 42.7 Å². The van der Waals surface area contributed by atoms with Gasteiger partial charge in [0.25, 0.3) is 0 Å². The zero-order valence-corrected chi connectivity index (χ0v) is 14.4. The second kappa shape index (κ2) is 7.99. The van der Waals surface area contributed by atoms with E-state index in [9.17, 15) is 0 Å². The number of nitrogen functional groups attached to an aromatic ring is 1. The van der Waals surface area contributed by atoms with Gasteiger partial charge in [0.15, 0.2) is 11.0 Å². The zero-order valence-electron chi connectivity index (χ0n) is 13.6. The van der Waals surface area contributed by atoms with Crippen molar-refractivity contribution in [3.63, 3.8) is 0 Å². The maximum Gasteiger partial charge on any atom is 0.180 e. The van der Waals surface area contributed by atoms with E-state index >= 15 is 0 Å². The number of nitrogens with zero attached hydrogens (tertiary/aromatic N) is 3. The first-order valence-electron chi connectivity index (χ1n) is 7.85. The summed E-state index contributed by atoms with van der Waals surface area (Å²) in [7, 11) is 1.69.